The monoisotopic (exact) mass is 354 g/mol. The summed E-state index contributed by atoms with van der Waals surface area (Å²) in [5.41, 5.74) is 2.43. The smallest absolute Gasteiger partial charge is 0.254 e. The Kier molecular flexibility index (Phi) is 5.17. The highest BCUT2D eigenvalue weighted by atomic mass is 19.1. The Morgan fingerprint density at radius 2 is 1.85 bits per heavy atom. The van der Waals surface area contributed by atoms with E-state index < -0.39 is 11.6 Å². The maximum Gasteiger partial charge on any atom is 0.254 e. The van der Waals surface area contributed by atoms with Gasteiger partial charge in [0.05, 0.1) is 11.3 Å². The standard InChI is InChI=1S/C19H16F2N4O/c1-12-3-2-4-13(7-12)9-22-18(26)14-10-23-19(24-11-14)25-17-6-5-15(20)8-16(17)21/h2-8,10-11H,9H2,1H3,(H,22,26)(H,23,24,25). The Morgan fingerprint density at radius 1 is 1.08 bits per heavy atom. The van der Waals surface area contributed by atoms with Crippen LogP contribution in [-0.2, 0) is 6.54 Å². The number of amides is 1. The summed E-state index contributed by atoms with van der Waals surface area (Å²) in [6.45, 7) is 2.37. The summed E-state index contributed by atoms with van der Waals surface area (Å²) in [5.74, 6) is -1.64. The van der Waals surface area contributed by atoms with Crippen molar-refractivity contribution in [2.45, 2.75) is 13.5 Å². The summed E-state index contributed by atoms with van der Waals surface area (Å²) in [5, 5.41) is 5.42. The quantitative estimate of drug-likeness (QED) is 0.733. The number of rotatable bonds is 5. The highest BCUT2D eigenvalue weighted by Gasteiger charge is 2.09. The number of carbonyl (C=O) groups is 1. The number of nitrogens with zero attached hydrogens (tertiary/aromatic N) is 2. The molecule has 0 aliphatic rings. The summed E-state index contributed by atoms with van der Waals surface area (Å²) in [6.07, 6.45) is 2.67. The first kappa shape index (κ1) is 17.5. The summed E-state index contributed by atoms with van der Waals surface area (Å²) in [4.78, 5) is 20.1. The van der Waals surface area contributed by atoms with Crippen molar-refractivity contribution in [1.82, 2.24) is 15.3 Å². The number of aromatic nitrogens is 2. The van der Waals surface area contributed by atoms with Gasteiger partial charge in [-0.15, -0.1) is 0 Å². The summed E-state index contributed by atoms with van der Waals surface area (Å²) in [6, 6.07) is 10.9. The van der Waals surface area contributed by atoms with E-state index in [2.05, 4.69) is 20.6 Å². The first-order valence-corrected chi connectivity index (χ1v) is 7.89. The van der Waals surface area contributed by atoms with Crippen LogP contribution in [0.2, 0.25) is 0 Å². The molecule has 3 rings (SSSR count). The van der Waals surface area contributed by atoms with Crippen molar-refractivity contribution < 1.29 is 13.6 Å². The van der Waals surface area contributed by atoms with Gasteiger partial charge in [0.2, 0.25) is 5.95 Å². The number of hydrogen-bond acceptors (Lipinski definition) is 4. The number of anilines is 2. The van der Waals surface area contributed by atoms with Gasteiger partial charge in [0.25, 0.3) is 5.91 Å². The molecule has 0 fully saturated rings. The lowest BCUT2D eigenvalue weighted by atomic mass is 10.1. The number of benzene rings is 2. The maximum absolute atomic E-state index is 13.6. The van der Waals surface area contributed by atoms with E-state index in [-0.39, 0.29) is 23.1 Å². The van der Waals surface area contributed by atoms with Crippen LogP contribution in [0.4, 0.5) is 20.4 Å². The van der Waals surface area contributed by atoms with E-state index in [0.717, 1.165) is 23.3 Å². The van der Waals surface area contributed by atoms with Crippen LogP contribution < -0.4 is 10.6 Å². The Bertz CT molecular complexity index is 929. The molecule has 0 bridgehead atoms. The first-order chi connectivity index (χ1) is 12.5. The largest absolute Gasteiger partial charge is 0.348 e. The zero-order valence-corrected chi connectivity index (χ0v) is 14.0. The number of carbonyl (C=O) groups excluding carboxylic acids is 1. The van der Waals surface area contributed by atoms with Crippen molar-refractivity contribution in [3.8, 4) is 0 Å². The lowest BCUT2D eigenvalue weighted by Crippen LogP contribution is -2.23. The minimum atomic E-state index is -0.756. The van der Waals surface area contributed by atoms with Gasteiger partial charge in [0, 0.05) is 25.0 Å². The maximum atomic E-state index is 13.6. The lowest BCUT2D eigenvalue weighted by Gasteiger charge is -2.08. The summed E-state index contributed by atoms with van der Waals surface area (Å²) < 4.78 is 26.5. The average molecular weight is 354 g/mol. The van der Waals surface area contributed by atoms with Crippen molar-refractivity contribution in [3.63, 3.8) is 0 Å². The second kappa shape index (κ2) is 7.69. The molecule has 0 saturated carbocycles. The van der Waals surface area contributed by atoms with Crippen LogP contribution in [0, 0.1) is 18.6 Å². The van der Waals surface area contributed by atoms with Gasteiger partial charge < -0.3 is 10.6 Å². The Balaban J connectivity index is 1.62. The number of aryl methyl sites for hydroxylation is 1. The number of halogens is 2. The molecule has 132 valence electrons. The average Bonchev–Trinajstić information content (AvgIpc) is 2.63. The molecule has 5 nitrogen and oxygen atoms in total. The van der Waals surface area contributed by atoms with Crippen LogP contribution in [0.25, 0.3) is 0 Å². The topological polar surface area (TPSA) is 66.9 Å². The molecular formula is C19H16F2N4O. The summed E-state index contributed by atoms with van der Waals surface area (Å²) in [7, 11) is 0. The van der Waals surface area contributed by atoms with Gasteiger partial charge in [-0.05, 0) is 24.6 Å². The Labute approximate surface area is 149 Å². The second-order valence-electron chi connectivity index (χ2n) is 5.72. The molecule has 0 radical (unpaired) electrons. The number of hydrogen-bond donors (Lipinski definition) is 2. The SMILES string of the molecule is Cc1cccc(CNC(=O)c2cnc(Nc3ccc(F)cc3F)nc2)c1. The van der Waals surface area contributed by atoms with Crippen molar-refractivity contribution in [2.24, 2.45) is 0 Å². The minimum absolute atomic E-state index is 0.0445. The zero-order valence-electron chi connectivity index (χ0n) is 14.0. The van der Waals surface area contributed by atoms with E-state index in [4.69, 9.17) is 0 Å². The minimum Gasteiger partial charge on any atom is -0.348 e. The van der Waals surface area contributed by atoms with Crippen molar-refractivity contribution in [1.29, 1.82) is 0 Å². The van der Waals surface area contributed by atoms with E-state index in [0.29, 0.717) is 6.54 Å². The van der Waals surface area contributed by atoms with Crippen LogP contribution in [-0.4, -0.2) is 15.9 Å². The van der Waals surface area contributed by atoms with E-state index in [1.807, 2.05) is 31.2 Å². The fraction of sp³-hybridized carbons (Fsp3) is 0.105. The van der Waals surface area contributed by atoms with Gasteiger partial charge in [0.15, 0.2) is 0 Å². The van der Waals surface area contributed by atoms with Crippen molar-refractivity contribution in [2.75, 3.05) is 5.32 Å². The zero-order chi connectivity index (χ0) is 18.5. The Morgan fingerprint density at radius 3 is 2.54 bits per heavy atom. The molecule has 2 N–H and O–H groups in total. The molecule has 0 atom stereocenters. The van der Waals surface area contributed by atoms with Gasteiger partial charge in [-0.25, -0.2) is 18.7 Å². The van der Waals surface area contributed by atoms with Crippen LogP contribution in [0.3, 0.4) is 0 Å². The molecule has 0 saturated heterocycles. The lowest BCUT2D eigenvalue weighted by molar-refractivity contribution is 0.0950. The van der Waals surface area contributed by atoms with Gasteiger partial charge >= 0.3 is 0 Å². The van der Waals surface area contributed by atoms with Crippen molar-refractivity contribution >= 4 is 17.5 Å². The highest BCUT2D eigenvalue weighted by Crippen LogP contribution is 2.18. The van der Waals surface area contributed by atoms with Crippen LogP contribution in [0.5, 0.6) is 0 Å². The second-order valence-corrected chi connectivity index (χ2v) is 5.72. The number of nitrogens with one attached hydrogen (secondary N) is 2. The fourth-order valence-electron chi connectivity index (χ4n) is 2.33. The molecule has 7 heteroatoms. The van der Waals surface area contributed by atoms with E-state index in [1.54, 1.807) is 0 Å². The first-order valence-electron chi connectivity index (χ1n) is 7.89. The molecule has 0 spiro atoms. The van der Waals surface area contributed by atoms with Gasteiger partial charge in [-0.2, -0.15) is 0 Å². The fourth-order valence-corrected chi connectivity index (χ4v) is 2.33. The molecule has 1 amide bonds. The molecule has 0 aliphatic heterocycles. The van der Waals surface area contributed by atoms with Crippen LogP contribution in [0.15, 0.2) is 54.9 Å². The molecule has 1 aromatic heterocycles. The van der Waals surface area contributed by atoms with E-state index in [1.165, 1.54) is 18.5 Å². The van der Waals surface area contributed by atoms with E-state index >= 15 is 0 Å². The van der Waals surface area contributed by atoms with E-state index in [9.17, 15) is 13.6 Å². The molecule has 2 aromatic carbocycles. The highest BCUT2D eigenvalue weighted by molar-refractivity contribution is 5.93. The third kappa shape index (κ3) is 4.38. The summed E-state index contributed by atoms with van der Waals surface area (Å²) >= 11 is 0. The third-order valence-electron chi connectivity index (χ3n) is 3.63. The molecule has 3 aromatic rings. The van der Waals surface area contributed by atoms with Gasteiger partial charge in [-0.1, -0.05) is 29.8 Å². The predicted molar refractivity (Wildman–Crippen MR) is 94.0 cm³/mol. The third-order valence-corrected chi connectivity index (χ3v) is 3.63. The van der Waals surface area contributed by atoms with Crippen molar-refractivity contribution in [3.05, 3.63) is 83.2 Å². The van der Waals surface area contributed by atoms with Gasteiger partial charge in [0.1, 0.15) is 11.6 Å². The Hall–Kier alpha value is -3.35. The molecular weight excluding hydrogens is 338 g/mol. The normalized spacial score (nSPS) is 10.4. The van der Waals surface area contributed by atoms with Crippen LogP contribution in [0.1, 0.15) is 21.5 Å². The van der Waals surface area contributed by atoms with Crippen LogP contribution >= 0.6 is 0 Å². The molecule has 26 heavy (non-hydrogen) atoms. The van der Waals surface area contributed by atoms with Gasteiger partial charge in [-0.3, -0.25) is 4.79 Å². The molecule has 0 aliphatic carbocycles. The predicted octanol–water partition coefficient (Wildman–Crippen LogP) is 3.74. The molecule has 0 unspecified atom stereocenters. The molecule has 1 heterocycles.